The SMILES string of the molecule is COc1ccc(CO)cc1CN1CCCC1. The van der Waals surface area contributed by atoms with Gasteiger partial charge < -0.3 is 9.84 Å². The summed E-state index contributed by atoms with van der Waals surface area (Å²) >= 11 is 0. The molecule has 0 saturated carbocycles. The van der Waals surface area contributed by atoms with E-state index >= 15 is 0 Å². The Morgan fingerprint density at radius 2 is 2.06 bits per heavy atom. The molecule has 16 heavy (non-hydrogen) atoms. The van der Waals surface area contributed by atoms with E-state index in [0.717, 1.165) is 17.9 Å². The number of likely N-dealkylation sites (tertiary alicyclic amines) is 1. The van der Waals surface area contributed by atoms with Gasteiger partial charge >= 0.3 is 0 Å². The molecule has 0 aliphatic carbocycles. The molecule has 0 bridgehead atoms. The van der Waals surface area contributed by atoms with Crippen LogP contribution in [-0.2, 0) is 13.2 Å². The van der Waals surface area contributed by atoms with Crippen LogP contribution in [0.4, 0.5) is 0 Å². The average Bonchev–Trinajstić information content (AvgIpc) is 2.82. The number of aliphatic hydroxyl groups is 1. The first-order valence-electron chi connectivity index (χ1n) is 5.82. The van der Waals surface area contributed by atoms with Gasteiger partial charge in [0.15, 0.2) is 0 Å². The number of ether oxygens (including phenoxy) is 1. The molecule has 1 aliphatic rings. The minimum atomic E-state index is 0.0942. The van der Waals surface area contributed by atoms with Crippen LogP contribution in [-0.4, -0.2) is 30.2 Å². The van der Waals surface area contributed by atoms with E-state index in [2.05, 4.69) is 4.90 Å². The van der Waals surface area contributed by atoms with Crippen molar-refractivity contribution >= 4 is 0 Å². The molecule has 0 unspecified atom stereocenters. The fraction of sp³-hybridized carbons (Fsp3) is 0.538. The standard InChI is InChI=1S/C13H19NO2/c1-16-13-5-4-11(10-15)8-12(13)9-14-6-2-3-7-14/h4-5,8,15H,2-3,6-7,9-10H2,1H3. The van der Waals surface area contributed by atoms with Crippen molar-refractivity contribution in [3.63, 3.8) is 0 Å². The normalized spacial score (nSPS) is 16.6. The number of nitrogens with zero attached hydrogens (tertiary/aromatic N) is 1. The van der Waals surface area contributed by atoms with Crippen molar-refractivity contribution in [2.24, 2.45) is 0 Å². The Morgan fingerprint density at radius 1 is 1.31 bits per heavy atom. The maximum absolute atomic E-state index is 9.13. The van der Waals surface area contributed by atoms with Crippen LogP contribution in [0.2, 0.25) is 0 Å². The molecule has 0 atom stereocenters. The summed E-state index contributed by atoms with van der Waals surface area (Å²) in [5.41, 5.74) is 2.13. The number of aliphatic hydroxyl groups excluding tert-OH is 1. The lowest BCUT2D eigenvalue weighted by atomic mass is 10.1. The highest BCUT2D eigenvalue weighted by atomic mass is 16.5. The lowest BCUT2D eigenvalue weighted by molar-refractivity contribution is 0.280. The molecular formula is C13H19NO2. The zero-order valence-corrected chi connectivity index (χ0v) is 9.78. The summed E-state index contributed by atoms with van der Waals surface area (Å²) in [6.07, 6.45) is 2.59. The monoisotopic (exact) mass is 221 g/mol. The summed E-state index contributed by atoms with van der Waals surface area (Å²) in [7, 11) is 1.70. The fourth-order valence-corrected chi connectivity index (χ4v) is 2.24. The van der Waals surface area contributed by atoms with E-state index in [9.17, 15) is 0 Å². The number of benzene rings is 1. The second-order valence-corrected chi connectivity index (χ2v) is 4.29. The smallest absolute Gasteiger partial charge is 0.123 e. The molecule has 1 saturated heterocycles. The first-order valence-corrected chi connectivity index (χ1v) is 5.82. The van der Waals surface area contributed by atoms with Gasteiger partial charge in [0, 0.05) is 12.1 Å². The molecule has 0 aromatic heterocycles. The Balaban J connectivity index is 2.15. The van der Waals surface area contributed by atoms with E-state index in [1.54, 1.807) is 7.11 Å². The molecule has 1 aromatic carbocycles. The molecule has 2 rings (SSSR count). The number of hydrogen-bond donors (Lipinski definition) is 1. The van der Waals surface area contributed by atoms with Crippen LogP contribution in [0.25, 0.3) is 0 Å². The minimum Gasteiger partial charge on any atom is -0.496 e. The predicted octanol–water partition coefficient (Wildman–Crippen LogP) is 1.78. The van der Waals surface area contributed by atoms with Crippen LogP contribution >= 0.6 is 0 Å². The van der Waals surface area contributed by atoms with Gasteiger partial charge in [-0.2, -0.15) is 0 Å². The average molecular weight is 221 g/mol. The van der Waals surface area contributed by atoms with Crippen LogP contribution in [0.15, 0.2) is 18.2 Å². The Hall–Kier alpha value is -1.06. The topological polar surface area (TPSA) is 32.7 Å². The van der Waals surface area contributed by atoms with Gasteiger partial charge in [-0.15, -0.1) is 0 Å². The molecule has 0 radical (unpaired) electrons. The number of hydrogen-bond acceptors (Lipinski definition) is 3. The van der Waals surface area contributed by atoms with Gasteiger partial charge in [0.1, 0.15) is 5.75 Å². The Labute approximate surface area is 96.6 Å². The van der Waals surface area contributed by atoms with Crippen molar-refractivity contribution in [2.45, 2.75) is 26.0 Å². The molecule has 0 amide bonds. The Bertz CT molecular complexity index is 346. The molecule has 1 aromatic rings. The predicted molar refractivity (Wildman–Crippen MR) is 63.4 cm³/mol. The Kier molecular flexibility index (Phi) is 3.80. The van der Waals surface area contributed by atoms with Gasteiger partial charge in [-0.25, -0.2) is 0 Å². The highest BCUT2D eigenvalue weighted by molar-refractivity contribution is 5.37. The van der Waals surface area contributed by atoms with Gasteiger partial charge in [0.05, 0.1) is 13.7 Å². The highest BCUT2D eigenvalue weighted by Gasteiger charge is 2.14. The number of rotatable bonds is 4. The third-order valence-corrected chi connectivity index (χ3v) is 3.12. The maximum atomic E-state index is 9.13. The lowest BCUT2D eigenvalue weighted by Crippen LogP contribution is -2.18. The van der Waals surface area contributed by atoms with E-state index in [1.807, 2.05) is 18.2 Å². The van der Waals surface area contributed by atoms with Crippen molar-refractivity contribution in [1.29, 1.82) is 0 Å². The van der Waals surface area contributed by atoms with Crippen LogP contribution in [0, 0.1) is 0 Å². The first kappa shape index (κ1) is 11.4. The molecule has 0 spiro atoms. The largest absolute Gasteiger partial charge is 0.496 e. The van der Waals surface area contributed by atoms with E-state index in [1.165, 1.54) is 31.5 Å². The summed E-state index contributed by atoms with van der Waals surface area (Å²) < 4.78 is 5.35. The zero-order valence-electron chi connectivity index (χ0n) is 9.78. The van der Waals surface area contributed by atoms with Crippen molar-refractivity contribution in [2.75, 3.05) is 20.2 Å². The Morgan fingerprint density at radius 3 is 2.69 bits per heavy atom. The van der Waals surface area contributed by atoms with Crippen LogP contribution in [0.1, 0.15) is 24.0 Å². The maximum Gasteiger partial charge on any atom is 0.123 e. The highest BCUT2D eigenvalue weighted by Crippen LogP contribution is 2.23. The molecule has 88 valence electrons. The molecule has 1 heterocycles. The lowest BCUT2D eigenvalue weighted by Gasteiger charge is -2.17. The van der Waals surface area contributed by atoms with E-state index in [4.69, 9.17) is 9.84 Å². The quantitative estimate of drug-likeness (QED) is 0.841. The van der Waals surface area contributed by atoms with E-state index in [0.29, 0.717) is 0 Å². The second kappa shape index (κ2) is 5.32. The van der Waals surface area contributed by atoms with Gasteiger partial charge in [-0.3, -0.25) is 4.90 Å². The number of methoxy groups -OCH3 is 1. The van der Waals surface area contributed by atoms with Gasteiger partial charge in [-0.1, -0.05) is 6.07 Å². The van der Waals surface area contributed by atoms with E-state index in [-0.39, 0.29) is 6.61 Å². The summed E-state index contributed by atoms with van der Waals surface area (Å²) in [5.74, 6) is 0.920. The molecule has 1 aliphatic heterocycles. The zero-order chi connectivity index (χ0) is 11.4. The summed E-state index contributed by atoms with van der Waals surface area (Å²) in [4.78, 5) is 2.43. The molecule has 1 fully saturated rings. The van der Waals surface area contributed by atoms with Crippen molar-refractivity contribution in [1.82, 2.24) is 4.90 Å². The summed E-state index contributed by atoms with van der Waals surface area (Å²) in [5, 5.41) is 9.13. The van der Waals surface area contributed by atoms with Crippen molar-refractivity contribution in [3.05, 3.63) is 29.3 Å². The molecule has 3 heteroatoms. The summed E-state index contributed by atoms with van der Waals surface area (Å²) in [6.45, 7) is 3.37. The van der Waals surface area contributed by atoms with Gasteiger partial charge in [0.2, 0.25) is 0 Å². The minimum absolute atomic E-state index is 0.0942. The van der Waals surface area contributed by atoms with Gasteiger partial charge in [-0.05, 0) is 43.6 Å². The fourth-order valence-electron chi connectivity index (χ4n) is 2.24. The van der Waals surface area contributed by atoms with Crippen LogP contribution < -0.4 is 4.74 Å². The first-order chi connectivity index (χ1) is 7.83. The molecule has 1 N–H and O–H groups in total. The summed E-state index contributed by atoms with van der Waals surface area (Å²) in [6, 6.07) is 5.89. The molecule has 3 nitrogen and oxygen atoms in total. The van der Waals surface area contributed by atoms with Crippen molar-refractivity contribution in [3.8, 4) is 5.75 Å². The van der Waals surface area contributed by atoms with Crippen LogP contribution in [0.3, 0.4) is 0 Å². The third kappa shape index (κ3) is 2.54. The van der Waals surface area contributed by atoms with Crippen LogP contribution in [0.5, 0.6) is 5.75 Å². The van der Waals surface area contributed by atoms with Gasteiger partial charge in [0.25, 0.3) is 0 Å². The van der Waals surface area contributed by atoms with E-state index < -0.39 is 0 Å². The second-order valence-electron chi connectivity index (χ2n) is 4.29. The molecular weight excluding hydrogens is 202 g/mol. The third-order valence-electron chi connectivity index (χ3n) is 3.12. The van der Waals surface area contributed by atoms with Crippen molar-refractivity contribution < 1.29 is 9.84 Å².